The molecule has 1 nitrogen and oxygen atoms in total. The Morgan fingerprint density at radius 3 is 2.83 bits per heavy atom. The van der Waals surface area contributed by atoms with Gasteiger partial charge in [-0.1, -0.05) is 19.9 Å². The van der Waals surface area contributed by atoms with Crippen LogP contribution in [0, 0.1) is 5.41 Å². The third-order valence-corrected chi connectivity index (χ3v) is 2.84. The summed E-state index contributed by atoms with van der Waals surface area (Å²) in [6, 6.07) is 0. The predicted octanol–water partition coefficient (Wildman–Crippen LogP) is 3.16. The number of rotatable bonds is 0. The molecule has 0 spiro atoms. The van der Waals surface area contributed by atoms with Crippen LogP contribution >= 0.6 is 0 Å². The third-order valence-electron chi connectivity index (χ3n) is 2.84. The van der Waals surface area contributed by atoms with Gasteiger partial charge in [-0.25, -0.2) is 0 Å². The van der Waals surface area contributed by atoms with Gasteiger partial charge in [0.05, 0.1) is 6.26 Å². The van der Waals surface area contributed by atoms with Crippen LogP contribution < -0.4 is 0 Å². The van der Waals surface area contributed by atoms with E-state index in [1.807, 2.05) is 6.08 Å². The van der Waals surface area contributed by atoms with Crippen LogP contribution in [-0.2, 0) is 4.74 Å². The summed E-state index contributed by atoms with van der Waals surface area (Å²) in [6.07, 6.45) is 6.98. The van der Waals surface area contributed by atoms with Crippen LogP contribution in [0.1, 0.15) is 27.2 Å². The minimum absolute atomic E-state index is 0.285. The molecule has 64 valence electrons. The van der Waals surface area contributed by atoms with Crippen LogP contribution in [0.15, 0.2) is 35.3 Å². The van der Waals surface area contributed by atoms with Crippen molar-refractivity contribution >= 4 is 0 Å². The summed E-state index contributed by atoms with van der Waals surface area (Å²) < 4.78 is 5.48. The average Bonchev–Trinajstić information content (AvgIpc) is 2.24. The number of allylic oxidation sites excluding steroid dienone is 4. The van der Waals surface area contributed by atoms with E-state index in [1.54, 1.807) is 6.26 Å². The van der Waals surface area contributed by atoms with E-state index in [0.29, 0.717) is 0 Å². The van der Waals surface area contributed by atoms with Crippen molar-refractivity contribution in [3.63, 3.8) is 0 Å². The Morgan fingerprint density at radius 2 is 2.17 bits per heavy atom. The third kappa shape index (κ3) is 0.927. The highest BCUT2D eigenvalue weighted by Gasteiger charge is 2.34. The molecular formula is C11H14O. The zero-order valence-corrected chi connectivity index (χ0v) is 7.85. The molecule has 0 unspecified atom stereocenters. The zero-order valence-electron chi connectivity index (χ0n) is 7.85. The lowest BCUT2D eigenvalue weighted by molar-refractivity contribution is 0.353. The van der Waals surface area contributed by atoms with Crippen molar-refractivity contribution in [2.45, 2.75) is 27.2 Å². The minimum Gasteiger partial charge on any atom is -0.465 e. The number of hydrogen-bond acceptors (Lipinski definition) is 1. The van der Waals surface area contributed by atoms with E-state index in [9.17, 15) is 0 Å². The zero-order chi connectivity index (χ0) is 8.77. The Balaban J connectivity index is 2.47. The standard InChI is InChI=1S/C11H14O/c1-8-10-9(5-4-6-12-10)7-11(8,2)3/h4-6H,7H2,1-3H3. The molecule has 0 aromatic rings. The fraction of sp³-hybridized carbons (Fsp3) is 0.455. The molecule has 1 aliphatic heterocycles. The lowest BCUT2D eigenvalue weighted by Crippen LogP contribution is -2.07. The van der Waals surface area contributed by atoms with Gasteiger partial charge in [0.2, 0.25) is 0 Å². The van der Waals surface area contributed by atoms with Crippen molar-refractivity contribution in [2.75, 3.05) is 0 Å². The summed E-state index contributed by atoms with van der Waals surface area (Å²) in [5.74, 6) is 1.10. The fourth-order valence-electron chi connectivity index (χ4n) is 1.80. The van der Waals surface area contributed by atoms with E-state index in [4.69, 9.17) is 4.74 Å². The second-order valence-electron chi connectivity index (χ2n) is 4.15. The Morgan fingerprint density at radius 1 is 1.42 bits per heavy atom. The molecule has 12 heavy (non-hydrogen) atoms. The van der Waals surface area contributed by atoms with Gasteiger partial charge in [0.25, 0.3) is 0 Å². The van der Waals surface area contributed by atoms with Gasteiger partial charge in [0.15, 0.2) is 0 Å². The molecule has 0 aromatic heterocycles. The lowest BCUT2D eigenvalue weighted by Gasteiger charge is -2.17. The van der Waals surface area contributed by atoms with Crippen LogP contribution in [0.5, 0.6) is 0 Å². The molecule has 1 heteroatoms. The molecule has 0 aromatic carbocycles. The molecule has 2 rings (SSSR count). The van der Waals surface area contributed by atoms with Gasteiger partial charge in [0, 0.05) is 0 Å². The molecule has 0 saturated heterocycles. The lowest BCUT2D eigenvalue weighted by atomic mass is 9.86. The van der Waals surface area contributed by atoms with Gasteiger partial charge in [-0.15, -0.1) is 0 Å². The van der Waals surface area contributed by atoms with Crippen molar-refractivity contribution < 1.29 is 4.74 Å². The summed E-state index contributed by atoms with van der Waals surface area (Å²) in [4.78, 5) is 0. The molecule has 0 N–H and O–H groups in total. The van der Waals surface area contributed by atoms with Gasteiger partial charge < -0.3 is 4.74 Å². The van der Waals surface area contributed by atoms with Crippen molar-refractivity contribution in [3.8, 4) is 0 Å². The number of fused-ring (bicyclic) bond motifs is 1. The van der Waals surface area contributed by atoms with Gasteiger partial charge in [-0.2, -0.15) is 0 Å². The van der Waals surface area contributed by atoms with Crippen molar-refractivity contribution in [1.29, 1.82) is 0 Å². The molecule has 1 aliphatic carbocycles. The topological polar surface area (TPSA) is 9.23 Å². The summed E-state index contributed by atoms with van der Waals surface area (Å²) in [6.45, 7) is 6.69. The first kappa shape index (κ1) is 7.66. The van der Waals surface area contributed by atoms with Crippen LogP contribution in [0.4, 0.5) is 0 Å². The van der Waals surface area contributed by atoms with E-state index >= 15 is 0 Å². The van der Waals surface area contributed by atoms with Gasteiger partial charge >= 0.3 is 0 Å². The molecule has 0 amide bonds. The van der Waals surface area contributed by atoms with Gasteiger partial charge in [0.1, 0.15) is 5.76 Å². The Hall–Kier alpha value is -0.980. The van der Waals surface area contributed by atoms with E-state index in [0.717, 1.165) is 12.2 Å². The second-order valence-corrected chi connectivity index (χ2v) is 4.15. The van der Waals surface area contributed by atoms with E-state index in [1.165, 1.54) is 11.1 Å². The highest BCUT2D eigenvalue weighted by molar-refractivity contribution is 5.44. The minimum atomic E-state index is 0.285. The van der Waals surface area contributed by atoms with Crippen LogP contribution in [0.3, 0.4) is 0 Å². The maximum atomic E-state index is 5.48. The van der Waals surface area contributed by atoms with Crippen molar-refractivity contribution in [2.24, 2.45) is 5.41 Å². The Labute approximate surface area is 73.4 Å². The normalized spacial score (nSPS) is 25.1. The van der Waals surface area contributed by atoms with Crippen LogP contribution in [0.25, 0.3) is 0 Å². The molecule has 0 radical (unpaired) electrons. The highest BCUT2D eigenvalue weighted by atomic mass is 16.5. The number of ether oxygens (including phenoxy) is 1. The maximum absolute atomic E-state index is 5.48. The summed E-state index contributed by atoms with van der Waals surface area (Å²) in [5.41, 5.74) is 3.01. The average molecular weight is 162 g/mol. The quantitative estimate of drug-likeness (QED) is 0.531. The molecule has 0 fully saturated rings. The SMILES string of the molecule is CC1=C2OC=CC=C2CC1(C)C. The van der Waals surface area contributed by atoms with Gasteiger partial charge in [-0.3, -0.25) is 0 Å². The molecule has 0 bridgehead atoms. The van der Waals surface area contributed by atoms with Gasteiger partial charge in [-0.05, 0) is 36.0 Å². The summed E-state index contributed by atoms with van der Waals surface area (Å²) in [7, 11) is 0. The van der Waals surface area contributed by atoms with E-state index in [-0.39, 0.29) is 5.41 Å². The molecular weight excluding hydrogens is 148 g/mol. The maximum Gasteiger partial charge on any atom is 0.129 e. The summed E-state index contributed by atoms with van der Waals surface area (Å²) >= 11 is 0. The predicted molar refractivity (Wildman–Crippen MR) is 49.4 cm³/mol. The molecule has 2 aliphatic rings. The first-order valence-corrected chi connectivity index (χ1v) is 4.35. The number of hydrogen-bond donors (Lipinski definition) is 0. The summed E-state index contributed by atoms with van der Waals surface area (Å²) in [5, 5.41) is 0. The second kappa shape index (κ2) is 2.25. The van der Waals surface area contributed by atoms with E-state index in [2.05, 4.69) is 26.8 Å². The van der Waals surface area contributed by atoms with Crippen LogP contribution in [0.2, 0.25) is 0 Å². The Kier molecular flexibility index (Phi) is 1.44. The first-order valence-electron chi connectivity index (χ1n) is 4.35. The smallest absolute Gasteiger partial charge is 0.129 e. The molecule has 0 atom stereocenters. The fourth-order valence-corrected chi connectivity index (χ4v) is 1.80. The van der Waals surface area contributed by atoms with E-state index < -0.39 is 0 Å². The van der Waals surface area contributed by atoms with Crippen molar-refractivity contribution in [3.05, 3.63) is 35.3 Å². The largest absolute Gasteiger partial charge is 0.465 e. The monoisotopic (exact) mass is 162 g/mol. The molecule has 0 saturated carbocycles. The first-order chi connectivity index (χ1) is 5.61. The molecule has 1 heterocycles. The van der Waals surface area contributed by atoms with Crippen molar-refractivity contribution in [1.82, 2.24) is 0 Å². The Bertz CT molecular complexity index is 303. The highest BCUT2D eigenvalue weighted by Crippen LogP contribution is 2.46. The van der Waals surface area contributed by atoms with Crippen LogP contribution in [-0.4, -0.2) is 0 Å².